The lowest BCUT2D eigenvalue weighted by Gasteiger charge is -2.18. The van der Waals surface area contributed by atoms with Gasteiger partial charge in [0.05, 0.1) is 23.2 Å². The number of rotatable bonds is 4. The lowest BCUT2D eigenvalue weighted by atomic mass is 10.1. The molecule has 23 heavy (non-hydrogen) atoms. The topological polar surface area (TPSA) is 75.4 Å². The third-order valence-corrected chi connectivity index (χ3v) is 4.23. The minimum Gasteiger partial charge on any atom is -0.448 e. The second-order valence-electron chi connectivity index (χ2n) is 5.43. The number of carbonyl (C=O) groups is 2. The molecule has 1 unspecified atom stereocenters. The van der Waals surface area contributed by atoms with Crippen molar-refractivity contribution < 1.29 is 14.0 Å². The molecule has 120 valence electrons. The predicted octanol–water partition coefficient (Wildman–Crippen LogP) is 2.31. The summed E-state index contributed by atoms with van der Waals surface area (Å²) in [5.74, 6) is 0.00245. The zero-order valence-corrected chi connectivity index (χ0v) is 13.3. The first-order valence-electron chi connectivity index (χ1n) is 7.28. The Hall–Kier alpha value is -2.34. The van der Waals surface area contributed by atoms with Gasteiger partial charge >= 0.3 is 0 Å². The van der Waals surface area contributed by atoms with Crippen LogP contribution in [0.25, 0.3) is 0 Å². The first kappa shape index (κ1) is 15.6. The number of halogens is 1. The zero-order valence-electron chi connectivity index (χ0n) is 12.6. The fourth-order valence-corrected chi connectivity index (χ4v) is 2.84. The fraction of sp³-hybridized carbons (Fsp3) is 0.312. The van der Waals surface area contributed by atoms with Crippen molar-refractivity contribution in [2.45, 2.75) is 19.9 Å². The van der Waals surface area contributed by atoms with Crippen LogP contribution in [0, 0.1) is 12.8 Å². The number of oxazole rings is 1. The largest absolute Gasteiger partial charge is 0.448 e. The maximum atomic E-state index is 12.3. The molecular weight excluding hydrogens is 318 g/mol. The van der Waals surface area contributed by atoms with Crippen LogP contribution in [0.5, 0.6) is 0 Å². The third kappa shape index (κ3) is 3.22. The Morgan fingerprint density at radius 2 is 2.26 bits per heavy atom. The van der Waals surface area contributed by atoms with E-state index in [2.05, 4.69) is 10.3 Å². The van der Waals surface area contributed by atoms with Gasteiger partial charge in [-0.25, -0.2) is 4.98 Å². The summed E-state index contributed by atoms with van der Waals surface area (Å²) in [5.41, 5.74) is 1.33. The van der Waals surface area contributed by atoms with Crippen LogP contribution in [0.1, 0.15) is 17.9 Å². The summed E-state index contributed by atoms with van der Waals surface area (Å²) in [4.78, 5) is 30.1. The Bertz CT molecular complexity index is 744. The van der Waals surface area contributed by atoms with Gasteiger partial charge in [-0.3, -0.25) is 9.59 Å². The SMILES string of the molecule is Cc1ocnc1CNC(=O)C1CC(=O)N(c2ccccc2Cl)C1. The number of nitrogens with one attached hydrogen (secondary N) is 1. The van der Waals surface area contributed by atoms with Crippen LogP contribution in [-0.2, 0) is 16.1 Å². The fourth-order valence-electron chi connectivity index (χ4n) is 2.60. The van der Waals surface area contributed by atoms with Gasteiger partial charge in [-0.15, -0.1) is 0 Å². The summed E-state index contributed by atoms with van der Waals surface area (Å²) in [7, 11) is 0. The lowest BCUT2D eigenvalue weighted by molar-refractivity contribution is -0.126. The standard InChI is InChI=1S/C16H16ClN3O3/c1-10-13(19-9-23-10)7-18-16(22)11-6-15(21)20(8-11)14-5-3-2-4-12(14)17/h2-5,9,11H,6-8H2,1H3,(H,18,22). The van der Waals surface area contributed by atoms with Gasteiger partial charge in [-0.1, -0.05) is 23.7 Å². The average molecular weight is 334 g/mol. The lowest BCUT2D eigenvalue weighted by Crippen LogP contribution is -2.32. The predicted molar refractivity (Wildman–Crippen MR) is 85.0 cm³/mol. The first-order chi connectivity index (χ1) is 11.1. The highest BCUT2D eigenvalue weighted by atomic mass is 35.5. The van der Waals surface area contributed by atoms with E-state index in [1.165, 1.54) is 6.39 Å². The van der Waals surface area contributed by atoms with Crippen molar-refractivity contribution in [3.8, 4) is 0 Å². The van der Waals surface area contributed by atoms with E-state index in [0.29, 0.717) is 28.7 Å². The Balaban J connectivity index is 1.64. The van der Waals surface area contributed by atoms with Crippen LogP contribution in [0.2, 0.25) is 5.02 Å². The summed E-state index contributed by atoms with van der Waals surface area (Å²) in [6, 6.07) is 7.12. The van der Waals surface area contributed by atoms with Crippen molar-refractivity contribution >= 4 is 29.1 Å². The normalized spacial score (nSPS) is 17.6. The highest BCUT2D eigenvalue weighted by Gasteiger charge is 2.35. The maximum absolute atomic E-state index is 12.3. The van der Waals surface area contributed by atoms with Gasteiger partial charge in [0.1, 0.15) is 11.5 Å². The van der Waals surface area contributed by atoms with Gasteiger partial charge in [0.2, 0.25) is 11.8 Å². The van der Waals surface area contributed by atoms with Crippen molar-refractivity contribution in [2.24, 2.45) is 5.92 Å². The van der Waals surface area contributed by atoms with Crippen LogP contribution in [0.15, 0.2) is 35.1 Å². The first-order valence-corrected chi connectivity index (χ1v) is 7.65. The quantitative estimate of drug-likeness (QED) is 0.931. The van der Waals surface area contributed by atoms with Crippen molar-refractivity contribution in [1.82, 2.24) is 10.3 Å². The van der Waals surface area contributed by atoms with Crippen LogP contribution in [-0.4, -0.2) is 23.3 Å². The summed E-state index contributed by atoms with van der Waals surface area (Å²) in [6.07, 6.45) is 1.52. The van der Waals surface area contributed by atoms with Gasteiger partial charge in [0.25, 0.3) is 0 Å². The highest BCUT2D eigenvalue weighted by molar-refractivity contribution is 6.33. The molecule has 0 saturated carbocycles. The molecule has 0 spiro atoms. The highest BCUT2D eigenvalue weighted by Crippen LogP contribution is 2.31. The molecule has 1 aliphatic rings. The van der Waals surface area contributed by atoms with Crippen molar-refractivity contribution in [3.63, 3.8) is 0 Å². The van der Waals surface area contributed by atoms with E-state index >= 15 is 0 Å². The van der Waals surface area contributed by atoms with Gasteiger partial charge in [-0.05, 0) is 19.1 Å². The number of amides is 2. The van der Waals surface area contributed by atoms with Crippen LogP contribution >= 0.6 is 11.6 Å². The average Bonchev–Trinajstić information content (AvgIpc) is 3.11. The minimum atomic E-state index is -0.397. The van der Waals surface area contributed by atoms with Crippen molar-refractivity contribution in [1.29, 1.82) is 0 Å². The van der Waals surface area contributed by atoms with Crippen molar-refractivity contribution in [2.75, 3.05) is 11.4 Å². The molecule has 1 aromatic carbocycles. The van der Waals surface area contributed by atoms with Crippen LogP contribution < -0.4 is 10.2 Å². The molecule has 6 nitrogen and oxygen atoms in total. The molecule has 2 amide bonds. The molecule has 1 aromatic heterocycles. The number of hydrogen-bond donors (Lipinski definition) is 1. The van der Waals surface area contributed by atoms with E-state index in [1.54, 1.807) is 30.0 Å². The number of aromatic nitrogens is 1. The molecule has 2 aromatic rings. The third-order valence-electron chi connectivity index (χ3n) is 3.91. The molecule has 0 bridgehead atoms. The van der Waals surface area contributed by atoms with Gasteiger partial charge < -0.3 is 14.6 Å². The Morgan fingerprint density at radius 3 is 2.96 bits per heavy atom. The molecule has 7 heteroatoms. The summed E-state index contributed by atoms with van der Waals surface area (Å²) < 4.78 is 5.09. The number of hydrogen-bond acceptors (Lipinski definition) is 4. The number of aryl methyl sites for hydroxylation is 1. The molecule has 0 aliphatic carbocycles. The molecule has 1 aliphatic heterocycles. The smallest absolute Gasteiger partial charge is 0.227 e. The molecule has 1 saturated heterocycles. The Labute approximate surface area is 138 Å². The number of para-hydroxylation sites is 1. The van der Waals surface area contributed by atoms with Gasteiger partial charge in [0, 0.05) is 13.0 Å². The van der Waals surface area contributed by atoms with Gasteiger partial charge in [-0.2, -0.15) is 0 Å². The number of carbonyl (C=O) groups excluding carboxylic acids is 2. The molecule has 0 radical (unpaired) electrons. The molecule has 2 heterocycles. The summed E-state index contributed by atoms with van der Waals surface area (Å²) >= 11 is 6.13. The monoisotopic (exact) mass is 333 g/mol. The number of anilines is 1. The van der Waals surface area contributed by atoms with Crippen molar-refractivity contribution in [3.05, 3.63) is 47.1 Å². The van der Waals surface area contributed by atoms with E-state index in [-0.39, 0.29) is 24.8 Å². The second kappa shape index (κ2) is 6.42. The summed E-state index contributed by atoms with van der Waals surface area (Å²) in [5, 5.41) is 3.30. The molecule has 3 rings (SSSR count). The molecule has 1 N–H and O–H groups in total. The van der Waals surface area contributed by atoms with E-state index in [9.17, 15) is 9.59 Å². The van der Waals surface area contributed by atoms with Crippen LogP contribution in [0.3, 0.4) is 0 Å². The summed E-state index contributed by atoms with van der Waals surface area (Å²) in [6.45, 7) is 2.40. The van der Waals surface area contributed by atoms with E-state index in [4.69, 9.17) is 16.0 Å². The van der Waals surface area contributed by atoms with E-state index in [0.717, 1.165) is 0 Å². The van der Waals surface area contributed by atoms with E-state index in [1.807, 2.05) is 6.07 Å². The van der Waals surface area contributed by atoms with Crippen LogP contribution in [0.4, 0.5) is 5.69 Å². The zero-order chi connectivity index (χ0) is 16.4. The number of benzene rings is 1. The van der Waals surface area contributed by atoms with E-state index < -0.39 is 5.92 Å². The van der Waals surface area contributed by atoms with Gasteiger partial charge in [0.15, 0.2) is 6.39 Å². The Kier molecular flexibility index (Phi) is 4.34. The molecular formula is C16H16ClN3O3. The maximum Gasteiger partial charge on any atom is 0.227 e. The minimum absolute atomic E-state index is 0.101. The Morgan fingerprint density at radius 1 is 1.48 bits per heavy atom. The number of nitrogens with zero attached hydrogens (tertiary/aromatic N) is 2. The molecule has 1 atom stereocenters. The molecule has 1 fully saturated rings. The second-order valence-corrected chi connectivity index (χ2v) is 5.84.